The zero-order valence-electron chi connectivity index (χ0n) is 12.8. The van der Waals surface area contributed by atoms with Crippen molar-refractivity contribution < 1.29 is 19.4 Å². The summed E-state index contributed by atoms with van der Waals surface area (Å²) in [6, 6.07) is 7.08. The van der Waals surface area contributed by atoms with E-state index in [1.54, 1.807) is 24.3 Å². The first kappa shape index (κ1) is 17.5. The van der Waals surface area contributed by atoms with Crippen molar-refractivity contribution in [1.29, 1.82) is 0 Å². The first-order chi connectivity index (χ1) is 10.1. The third-order valence-electron chi connectivity index (χ3n) is 2.64. The van der Waals surface area contributed by atoms with E-state index in [1.165, 1.54) is 0 Å². The summed E-state index contributed by atoms with van der Waals surface area (Å²) in [5.41, 5.74) is 0.736. The van der Waals surface area contributed by atoms with Crippen LogP contribution in [0.1, 0.15) is 26.7 Å². The van der Waals surface area contributed by atoms with Gasteiger partial charge in [0.15, 0.2) is 0 Å². The minimum absolute atomic E-state index is 0.0165. The number of aliphatic hydroxyl groups excluding tert-OH is 1. The summed E-state index contributed by atoms with van der Waals surface area (Å²) in [4.78, 5) is 11.7. The molecule has 2 N–H and O–H groups in total. The summed E-state index contributed by atoms with van der Waals surface area (Å²) in [5.74, 6) is 1.17. The molecule has 0 saturated heterocycles. The molecule has 0 saturated carbocycles. The highest BCUT2D eigenvalue weighted by Gasteiger charge is 2.03. The maximum atomic E-state index is 11.7. The number of carbonyl (C=O) groups excluding carboxylic acids is 1. The third-order valence-corrected chi connectivity index (χ3v) is 2.64. The van der Waals surface area contributed by atoms with Gasteiger partial charge in [-0.05, 0) is 36.6 Å². The van der Waals surface area contributed by atoms with Crippen LogP contribution in [0.15, 0.2) is 24.3 Å². The number of rotatable bonds is 10. The highest BCUT2D eigenvalue weighted by Crippen LogP contribution is 2.15. The van der Waals surface area contributed by atoms with E-state index < -0.39 is 0 Å². The van der Waals surface area contributed by atoms with E-state index in [0.29, 0.717) is 24.7 Å². The molecular weight excluding hydrogens is 270 g/mol. The van der Waals surface area contributed by atoms with Gasteiger partial charge in [-0.1, -0.05) is 13.8 Å². The van der Waals surface area contributed by atoms with E-state index in [0.717, 1.165) is 18.7 Å². The highest BCUT2D eigenvalue weighted by molar-refractivity contribution is 5.90. The highest BCUT2D eigenvalue weighted by atomic mass is 16.5. The van der Waals surface area contributed by atoms with Crippen LogP contribution in [0.4, 0.5) is 5.69 Å². The van der Waals surface area contributed by atoms with E-state index in [4.69, 9.17) is 14.6 Å². The van der Waals surface area contributed by atoms with Gasteiger partial charge in [0, 0.05) is 25.3 Å². The van der Waals surface area contributed by atoms with Crippen LogP contribution in [0.3, 0.4) is 0 Å². The monoisotopic (exact) mass is 295 g/mol. The molecule has 0 bridgehead atoms. The number of carbonyl (C=O) groups is 1. The van der Waals surface area contributed by atoms with Gasteiger partial charge in [0.2, 0.25) is 5.91 Å². The zero-order chi connectivity index (χ0) is 15.5. The van der Waals surface area contributed by atoms with E-state index in [2.05, 4.69) is 19.2 Å². The minimum atomic E-state index is -0.0211. The quantitative estimate of drug-likeness (QED) is 0.651. The number of anilines is 1. The molecule has 0 fully saturated rings. The topological polar surface area (TPSA) is 67.8 Å². The van der Waals surface area contributed by atoms with Gasteiger partial charge in [0.1, 0.15) is 12.4 Å². The first-order valence-corrected chi connectivity index (χ1v) is 7.33. The van der Waals surface area contributed by atoms with Crippen LogP contribution in [0, 0.1) is 5.92 Å². The molecule has 0 aliphatic carbocycles. The predicted molar refractivity (Wildman–Crippen MR) is 82.5 cm³/mol. The van der Waals surface area contributed by atoms with Crippen molar-refractivity contribution in [3.8, 4) is 5.75 Å². The molecule has 1 rings (SSSR count). The van der Waals surface area contributed by atoms with Crippen LogP contribution in [0.2, 0.25) is 0 Å². The molecule has 5 nitrogen and oxygen atoms in total. The molecule has 5 heteroatoms. The number of amides is 1. The normalized spacial score (nSPS) is 10.7. The Morgan fingerprint density at radius 1 is 1.24 bits per heavy atom. The minimum Gasteiger partial charge on any atom is -0.491 e. The molecule has 0 heterocycles. The maximum Gasteiger partial charge on any atom is 0.224 e. The van der Waals surface area contributed by atoms with Crippen LogP contribution < -0.4 is 10.1 Å². The fraction of sp³-hybridized carbons (Fsp3) is 0.562. The van der Waals surface area contributed by atoms with Crippen molar-refractivity contribution in [2.75, 3.05) is 31.7 Å². The fourth-order valence-corrected chi connectivity index (χ4v) is 1.68. The number of benzene rings is 1. The van der Waals surface area contributed by atoms with Gasteiger partial charge in [0.25, 0.3) is 0 Å². The summed E-state index contributed by atoms with van der Waals surface area (Å²) in [6.45, 7) is 5.79. The van der Waals surface area contributed by atoms with Crippen molar-refractivity contribution in [3.63, 3.8) is 0 Å². The number of nitrogens with one attached hydrogen (secondary N) is 1. The van der Waals surface area contributed by atoms with E-state index in [-0.39, 0.29) is 19.1 Å². The van der Waals surface area contributed by atoms with E-state index >= 15 is 0 Å². The third kappa shape index (κ3) is 8.32. The predicted octanol–water partition coefficient (Wildman–Crippen LogP) is 2.45. The zero-order valence-corrected chi connectivity index (χ0v) is 12.8. The van der Waals surface area contributed by atoms with Crippen LogP contribution in [-0.2, 0) is 9.53 Å². The molecule has 0 radical (unpaired) electrons. The number of ether oxygens (including phenoxy) is 2. The molecule has 0 aromatic heterocycles. The van der Waals surface area contributed by atoms with Gasteiger partial charge in [-0.3, -0.25) is 4.79 Å². The van der Waals surface area contributed by atoms with Crippen LogP contribution in [0.5, 0.6) is 5.75 Å². The summed E-state index contributed by atoms with van der Waals surface area (Å²) in [6.07, 6.45) is 1.16. The second-order valence-electron chi connectivity index (χ2n) is 5.22. The van der Waals surface area contributed by atoms with Crippen molar-refractivity contribution in [2.45, 2.75) is 26.7 Å². The standard InChI is InChI=1S/C16H25NO4/c1-13(2)12-20-10-3-4-16(19)17-14-5-7-15(8-6-14)21-11-9-18/h5-8,13,18H,3-4,9-12H2,1-2H3,(H,17,19). The van der Waals surface area contributed by atoms with Gasteiger partial charge in [0.05, 0.1) is 6.61 Å². The lowest BCUT2D eigenvalue weighted by Gasteiger charge is -2.08. The Balaban J connectivity index is 2.21. The summed E-state index contributed by atoms with van der Waals surface area (Å²) < 4.78 is 10.7. The molecule has 0 unspecified atom stereocenters. The lowest BCUT2D eigenvalue weighted by Crippen LogP contribution is -2.13. The van der Waals surface area contributed by atoms with Crippen molar-refractivity contribution in [1.82, 2.24) is 0 Å². The Kier molecular flexibility index (Phi) is 8.47. The molecule has 0 aliphatic rings. The Labute approximate surface area is 126 Å². The van der Waals surface area contributed by atoms with Gasteiger partial charge in [-0.2, -0.15) is 0 Å². The molecule has 1 aromatic carbocycles. The Bertz CT molecular complexity index is 403. The van der Waals surface area contributed by atoms with Crippen molar-refractivity contribution in [3.05, 3.63) is 24.3 Å². The van der Waals surface area contributed by atoms with Crippen LogP contribution in [0.25, 0.3) is 0 Å². The molecule has 118 valence electrons. The molecule has 21 heavy (non-hydrogen) atoms. The van der Waals surface area contributed by atoms with E-state index in [1.807, 2.05) is 0 Å². The second kappa shape index (κ2) is 10.2. The first-order valence-electron chi connectivity index (χ1n) is 7.33. The smallest absolute Gasteiger partial charge is 0.224 e. The van der Waals surface area contributed by atoms with Crippen LogP contribution in [-0.4, -0.2) is 37.4 Å². The second-order valence-corrected chi connectivity index (χ2v) is 5.22. The number of hydrogen-bond acceptors (Lipinski definition) is 4. The summed E-state index contributed by atoms with van der Waals surface area (Å²) >= 11 is 0. The SMILES string of the molecule is CC(C)COCCCC(=O)Nc1ccc(OCCO)cc1. The van der Waals surface area contributed by atoms with Gasteiger partial charge >= 0.3 is 0 Å². The van der Waals surface area contributed by atoms with Gasteiger partial charge in [-0.25, -0.2) is 0 Å². The van der Waals surface area contributed by atoms with Crippen molar-refractivity contribution >= 4 is 11.6 Å². The molecular formula is C16H25NO4. The summed E-state index contributed by atoms with van der Waals surface area (Å²) in [5, 5.41) is 11.5. The van der Waals surface area contributed by atoms with Gasteiger partial charge in [-0.15, -0.1) is 0 Å². The Morgan fingerprint density at radius 3 is 2.57 bits per heavy atom. The maximum absolute atomic E-state index is 11.7. The molecule has 0 spiro atoms. The average Bonchev–Trinajstić information content (AvgIpc) is 2.46. The van der Waals surface area contributed by atoms with Gasteiger partial charge < -0.3 is 19.9 Å². The Morgan fingerprint density at radius 2 is 1.95 bits per heavy atom. The fourth-order valence-electron chi connectivity index (χ4n) is 1.68. The lowest BCUT2D eigenvalue weighted by atomic mass is 10.2. The Hall–Kier alpha value is -1.59. The van der Waals surface area contributed by atoms with E-state index in [9.17, 15) is 4.79 Å². The van der Waals surface area contributed by atoms with Crippen molar-refractivity contribution in [2.24, 2.45) is 5.92 Å². The van der Waals surface area contributed by atoms with Crippen LogP contribution >= 0.6 is 0 Å². The molecule has 1 amide bonds. The molecule has 1 aromatic rings. The lowest BCUT2D eigenvalue weighted by molar-refractivity contribution is -0.116. The average molecular weight is 295 g/mol. The molecule has 0 aliphatic heterocycles. The number of hydrogen-bond donors (Lipinski definition) is 2. The summed E-state index contributed by atoms with van der Waals surface area (Å²) in [7, 11) is 0. The largest absolute Gasteiger partial charge is 0.491 e. The number of aliphatic hydroxyl groups is 1. The molecule has 0 atom stereocenters.